The van der Waals surface area contributed by atoms with Gasteiger partial charge < -0.3 is 4.74 Å². The van der Waals surface area contributed by atoms with Crippen LogP contribution in [0, 0.1) is 11.3 Å². The molecule has 3 nitrogen and oxygen atoms in total. The van der Waals surface area contributed by atoms with E-state index in [4.69, 9.17) is 10.00 Å². The zero-order valence-electron chi connectivity index (χ0n) is 6.74. The summed E-state index contributed by atoms with van der Waals surface area (Å²) in [7, 11) is 0. The second-order valence-electron chi connectivity index (χ2n) is 2.33. The lowest BCUT2D eigenvalue weighted by molar-refractivity contribution is 0.428. The van der Waals surface area contributed by atoms with Crippen LogP contribution < -0.4 is 4.74 Å². The zero-order valence-corrected chi connectivity index (χ0v) is 6.74. The Balaban J connectivity index is 2.88. The lowest BCUT2D eigenvalue weighted by Crippen LogP contribution is -1.89. The summed E-state index contributed by atoms with van der Waals surface area (Å²) in [6, 6.07) is 3.58. The molecule has 0 fully saturated rings. The highest BCUT2D eigenvalue weighted by Gasteiger charge is 1.96. The monoisotopic (exact) mass is 160 g/mol. The minimum atomic E-state index is 0.480. The van der Waals surface area contributed by atoms with Crippen LogP contribution in [0.25, 0.3) is 0 Å². The van der Waals surface area contributed by atoms with Crippen LogP contribution in [0.15, 0.2) is 30.8 Å². The summed E-state index contributed by atoms with van der Waals surface area (Å²) >= 11 is 0. The number of hydrogen-bond donors (Lipinski definition) is 0. The van der Waals surface area contributed by atoms with E-state index in [0.29, 0.717) is 17.1 Å². The molecule has 0 aliphatic heterocycles. The Hall–Kier alpha value is -1.82. The molecule has 1 aromatic heterocycles. The highest BCUT2D eigenvalue weighted by atomic mass is 16.5. The third kappa shape index (κ3) is 2.10. The number of pyridine rings is 1. The van der Waals surface area contributed by atoms with Crippen molar-refractivity contribution in [2.75, 3.05) is 0 Å². The largest absolute Gasteiger partial charge is 0.461 e. The fourth-order valence-electron chi connectivity index (χ4n) is 0.737. The molecule has 1 aromatic rings. The van der Waals surface area contributed by atoms with E-state index in [2.05, 4.69) is 11.6 Å². The Morgan fingerprint density at radius 3 is 3.00 bits per heavy atom. The van der Waals surface area contributed by atoms with Gasteiger partial charge in [-0.15, -0.1) is 0 Å². The number of nitrogens with zero attached hydrogens (tertiary/aromatic N) is 2. The van der Waals surface area contributed by atoms with Gasteiger partial charge in [0.1, 0.15) is 11.8 Å². The molecule has 0 aliphatic rings. The Morgan fingerprint density at radius 1 is 1.67 bits per heavy atom. The maximum atomic E-state index is 8.53. The molecular formula is C9H8N2O. The Bertz CT molecular complexity index is 339. The lowest BCUT2D eigenvalue weighted by Gasteiger charge is -2.02. The van der Waals surface area contributed by atoms with Crippen molar-refractivity contribution in [3.8, 4) is 11.8 Å². The van der Waals surface area contributed by atoms with E-state index < -0.39 is 0 Å². The summed E-state index contributed by atoms with van der Waals surface area (Å²) in [4.78, 5) is 3.82. The van der Waals surface area contributed by atoms with Crippen LogP contribution >= 0.6 is 0 Å². The fraction of sp³-hybridized carbons (Fsp3) is 0.111. The predicted molar refractivity (Wildman–Crippen MR) is 44.4 cm³/mol. The van der Waals surface area contributed by atoms with Gasteiger partial charge in [0.15, 0.2) is 0 Å². The number of hydrogen-bond acceptors (Lipinski definition) is 3. The first-order chi connectivity index (χ1) is 5.72. The molecular weight excluding hydrogens is 152 g/mol. The van der Waals surface area contributed by atoms with E-state index in [1.54, 1.807) is 13.0 Å². The van der Waals surface area contributed by atoms with Gasteiger partial charge in [-0.1, -0.05) is 6.58 Å². The second-order valence-corrected chi connectivity index (χ2v) is 2.33. The molecule has 0 radical (unpaired) electrons. The van der Waals surface area contributed by atoms with Crippen LogP contribution in [0.2, 0.25) is 0 Å². The summed E-state index contributed by atoms with van der Waals surface area (Å²) in [5.41, 5.74) is 0.480. The van der Waals surface area contributed by atoms with Crippen LogP contribution in [0.3, 0.4) is 0 Å². The van der Waals surface area contributed by atoms with E-state index in [1.807, 2.05) is 6.07 Å². The van der Waals surface area contributed by atoms with Crippen LogP contribution in [-0.4, -0.2) is 4.98 Å². The molecule has 1 rings (SSSR count). The quantitative estimate of drug-likeness (QED) is 0.620. The van der Waals surface area contributed by atoms with Gasteiger partial charge in [0.2, 0.25) is 0 Å². The molecule has 0 amide bonds. The smallest absolute Gasteiger partial charge is 0.146 e. The lowest BCUT2D eigenvalue weighted by atomic mass is 10.3. The third-order valence-corrected chi connectivity index (χ3v) is 1.13. The first kappa shape index (κ1) is 8.28. The predicted octanol–water partition coefficient (Wildman–Crippen LogP) is 1.87. The van der Waals surface area contributed by atoms with Crippen molar-refractivity contribution >= 4 is 0 Å². The Kier molecular flexibility index (Phi) is 2.44. The van der Waals surface area contributed by atoms with Gasteiger partial charge in [-0.2, -0.15) is 5.26 Å². The molecule has 60 valence electrons. The van der Waals surface area contributed by atoms with Gasteiger partial charge in [0.25, 0.3) is 0 Å². The van der Waals surface area contributed by atoms with Crippen molar-refractivity contribution in [2.45, 2.75) is 6.92 Å². The van der Waals surface area contributed by atoms with E-state index in [9.17, 15) is 0 Å². The second kappa shape index (κ2) is 3.54. The minimum absolute atomic E-state index is 0.480. The molecule has 0 spiro atoms. The van der Waals surface area contributed by atoms with Gasteiger partial charge in [0.05, 0.1) is 17.5 Å². The van der Waals surface area contributed by atoms with Crippen molar-refractivity contribution in [2.24, 2.45) is 0 Å². The summed E-state index contributed by atoms with van der Waals surface area (Å²) in [5, 5.41) is 8.53. The summed E-state index contributed by atoms with van der Waals surface area (Å²) < 4.78 is 5.15. The topological polar surface area (TPSA) is 45.9 Å². The average molecular weight is 160 g/mol. The maximum absolute atomic E-state index is 8.53. The normalized spacial score (nSPS) is 8.67. The van der Waals surface area contributed by atoms with Crippen molar-refractivity contribution in [1.82, 2.24) is 4.98 Å². The molecule has 0 saturated carbocycles. The third-order valence-electron chi connectivity index (χ3n) is 1.13. The molecule has 3 heteroatoms. The Morgan fingerprint density at radius 2 is 2.42 bits per heavy atom. The molecule has 0 N–H and O–H groups in total. The van der Waals surface area contributed by atoms with Crippen LogP contribution in [0.4, 0.5) is 0 Å². The fourth-order valence-corrected chi connectivity index (χ4v) is 0.737. The SMILES string of the molecule is C=C(C)Oc1cncc(C#N)c1. The first-order valence-electron chi connectivity index (χ1n) is 3.41. The van der Waals surface area contributed by atoms with Crippen molar-refractivity contribution in [3.63, 3.8) is 0 Å². The van der Waals surface area contributed by atoms with Gasteiger partial charge in [-0.3, -0.25) is 4.98 Å². The molecule has 0 bridgehead atoms. The Labute approximate surface area is 70.9 Å². The molecule has 0 aromatic carbocycles. The number of nitriles is 1. The average Bonchev–Trinajstić information content (AvgIpc) is 2.03. The minimum Gasteiger partial charge on any atom is -0.461 e. The summed E-state index contributed by atoms with van der Waals surface area (Å²) in [5.74, 6) is 1.12. The molecule has 12 heavy (non-hydrogen) atoms. The summed E-state index contributed by atoms with van der Waals surface area (Å²) in [6.45, 7) is 5.31. The summed E-state index contributed by atoms with van der Waals surface area (Å²) in [6.07, 6.45) is 3.01. The van der Waals surface area contributed by atoms with E-state index >= 15 is 0 Å². The first-order valence-corrected chi connectivity index (χ1v) is 3.41. The number of ether oxygens (including phenoxy) is 1. The van der Waals surface area contributed by atoms with Crippen LogP contribution in [0.1, 0.15) is 12.5 Å². The standard InChI is InChI=1S/C9H8N2O/c1-7(2)12-9-3-8(4-10)5-11-6-9/h3,5-6H,1H2,2H3. The van der Waals surface area contributed by atoms with E-state index in [0.717, 1.165) is 0 Å². The van der Waals surface area contributed by atoms with E-state index in [-0.39, 0.29) is 0 Å². The van der Waals surface area contributed by atoms with Gasteiger partial charge in [-0.25, -0.2) is 0 Å². The van der Waals surface area contributed by atoms with Crippen LogP contribution in [0.5, 0.6) is 5.75 Å². The van der Waals surface area contributed by atoms with E-state index in [1.165, 1.54) is 12.4 Å². The van der Waals surface area contributed by atoms with Gasteiger partial charge in [0, 0.05) is 12.3 Å². The highest BCUT2D eigenvalue weighted by molar-refractivity contribution is 5.32. The number of rotatable bonds is 2. The van der Waals surface area contributed by atoms with Crippen molar-refractivity contribution in [3.05, 3.63) is 36.4 Å². The molecule has 0 unspecified atom stereocenters. The number of allylic oxidation sites excluding steroid dienone is 1. The molecule has 0 aliphatic carbocycles. The highest BCUT2D eigenvalue weighted by Crippen LogP contribution is 2.12. The molecule has 0 atom stereocenters. The zero-order chi connectivity index (χ0) is 8.97. The maximum Gasteiger partial charge on any atom is 0.146 e. The van der Waals surface area contributed by atoms with Gasteiger partial charge >= 0.3 is 0 Å². The number of aromatic nitrogens is 1. The molecule has 1 heterocycles. The van der Waals surface area contributed by atoms with Crippen molar-refractivity contribution in [1.29, 1.82) is 5.26 Å². The van der Waals surface area contributed by atoms with Gasteiger partial charge in [-0.05, 0) is 6.92 Å². The molecule has 0 saturated heterocycles. The van der Waals surface area contributed by atoms with Crippen molar-refractivity contribution < 1.29 is 4.74 Å². The van der Waals surface area contributed by atoms with Crippen LogP contribution in [-0.2, 0) is 0 Å².